The number of hydrogen-bond donors (Lipinski definition) is 2. The topological polar surface area (TPSA) is 75.3 Å². The maximum Gasteiger partial charge on any atom is 0.244 e. The molecule has 0 aromatic heterocycles. The van der Waals surface area contributed by atoms with Crippen molar-refractivity contribution in [1.82, 2.24) is 5.32 Å². The van der Waals surface area contributed by atoms with E-state index in [1.165, 1.54) is 0 Å². The molecule has 0 radical (unpaired) electrons. The summed E-state index contributed by atoms with van der Waals surface area (Å²) in [7, 11) is -2.00. The summed E-state index contributed by atoms with van der Waals surface area (Å²) < 4.78 is 25.0. The Balaban J connectivity index is 2.70. The first kappa shape index (κ1) is 13.0. The van der Waals surface area contributed by atoms with Crippen molar-refractivity contribution in [3.05, 3.63) is 23.3 Å². The van der Waals surface area contributed by atoms with Gasteiger partial charge in [-0.2, -0.15) is 0 Å². The molecule has 1 aliphatic heterocycles. The van der Waals surface area contributed by atoms with Crippen LogP contribution in [0.25, 0.3) is 0 Å². The number of anilines is 1. The summed E-state index contributed by atoms with van der Waals surface area (Å²) in [5, 5.41) is 4.39. The zero-order chi connectivity index (χ0) is 13.5. The van der Waals surface area contributed by atoms with E-state index in [2.05, 4.69) is 10.6 Å². The summed E-state index contributed by atoms with van der Waals surface area (Å²) in [6.07, 6.45) is 0. The number of carbonyl (C=O) groups is 1. The number of nitrogens with one attached hydrogen (secondary N) is 2. The smallest absolute Gasteiger partial charge is 0.244 e. The van der Waals surface area contributed by atoms with Gasteiger partial charge in [-0.15, -0.1) is 0 Å². The van der Waals surface area contributed by atoms with Crippen molar-refractivity contribution in [2.45, 2.75) is 24.0 Å². The van der Waals surface area contributed by atoms with Gasteiger partial charge in [0.05, 0.1) is 10.6 Å². The zero-order valence-corrected chi connectivity index (χ0v) is 11.4. The minimum absolute atomic E-state index is 0.112. The van der Waals surface area contributed by atoms with Crippen molar-refractivity contribution in [2.75, 3.05) is 18.9 Å². The van der Waals surface area contributed by atoms with Crippen molar-refractivity contribution in [2.24, 2.45) is 0 Å². The third kappa shape index (κ3) is 1.81. The average Bonchev–Trinajstić information content (AvgIpc) is 2.28. The summed E-state index contributed by atoms with van der Waals surface area (Å²) in [4.78, 5) is 12.1. The summed E-state index contributed by atoms with van der Waals surface area (Å²) in [6, 6.07) is 3.57. The molecule has 0 spiro atoms. The molecular formula is C12H16N2O3S. The number of carbonyl (C=O) groups excluding carboxylic acids is 1. The highest BCUT2D eigenvalue weighted by atomic mass is 32.2. The predicted molar refractivity (Wildman–Crippen MR) is 69.4 cm³/mol. The maximum atomic E-state index is 12.5. The lowest BCUT2D eigenvalue weighted by Crippen LogP contribution is -2.45. The lowest BCUT2D eigenvalue weighted by Gasteiger charge is -2.27. The largest absolute Gasteiger partial charge is 0.323 e. The van der Waals surface area contributed by atoms with Gasteiger partial charge in [0.1, 0.15) is 0 Å². The molecule has 0 aliphatic carbocycles. The number of benzene rings is 1. The summed E-state index contributed by atoms with van der Waals surface area (Å²) >= 11 is 0. The lowest BCUT2D eigenvalue weighted by molar-refractivity contribution is -0.115. The van der Waals surface area contributed by atoms with Gasteiger partial charge in [0.2, 0.25) is 5.91 Å². The Labute approximate surface area is 107 Å². The second-order valence-electron chi connectivity index (χ2n) is 4.48. The molecule has 6 heteroatoms. The molecule has 0 fully saturated rings. The molecule has 0 saturated heterocycles. The van der Waals surface area contributed by atoms with Crippen LogP contribution in [0, 0.1) is 13.8 Å². The fraction of sp³-hybridized carbons (Fsp3) is 0.417. The molecule has 2 rings (SSSR count). The van der Waals surface area contributed by atoms with Gasteiger partial charge in [-0.3, -0.25) is 4.79 Å². The number of amides is 1. The van der Waals surface area contributed by atoms with Crippen LogP contribution < -0.4 is 10.6 Å². The quantitative estimate of drug-likeness (QED) is 0.824. The van der Waals surface area contributed by atoms with Gasteiger partial charge in [0.15, 0.2) is 15.1 Å². The van der Waals surface area contributed by atoms with Gasteiger partial charge in [-0.05, 0) is 32.0 Å². The van der Waals surface area contributed by atoms with Gasteiger partial charge in [0.25, 0.3) is 0 Å². The summed E-state index contributed by atoms with van der Waals surface area (Å²) in [6.45, 7) is 3.64. The van der Waals surface area contributed by atoms with E-state index >= 15 is 0 Å². The lowest BCUT2D eigenvalue weighted by atomic mass is 10.1. The highest BCUT2D eigenvalue weighted by molar-refractivity contribution is 7.93. The van der Waals surface area contributed by atoms with Crippen molar-refractivity contribution < 1.29 is 13.2 Å². The second kappa shape index (κ2) is 4.37. The standard InChI is InChI=1S/C12H16N2O3S/c1-7-4-5-8(2)11-10(7)14-12(15)9(6-13-3)18(11,16)17/h4-5,9,13H,6H2,1-3H3,(H,14,15). The van der Waals surface area contributed by atoms with Gasteiger partial charge in [-0.25, -0.2) is 8.42 Å². The molecular weight excluding hydrogens is 252 g/mol. The SMILES string of the molecule is CNCC1C(=O)Nc2c(C)ccc(C)c2S1(=O)=O. The van der Waals surface area contributed by atoms with E-state index < -0.39 is 21.0 Å². The molecule has 98 valence electrons. The molecule has 1 atom stereocenters. The van der Waals surface area contributed by atoms with E-state index in [9.17, 15) is 13.2 Å². The van der Waals surface area contributed by atoms with Gasteiger partial charge in [0, 0.05) is 6.54 Å². The Bertz CT molecular complexity index is 608. The van der Waals surface area contributed by atoms with Gasteiger partial charge in [-0.1, -0.05) is 12.1 Å². The van der Waals surface area contributed by atoms with Crippen LogP contribution in [0.3, 0.4) is 0 Å². The fourth-order valence-electron chi connectivity index (χ4n) is 2.18. The monoisotopic (exact) mass is 268 g/mol. The zero-order valence-electron chi connectivity index (χ0n) is 10.6. The van der Waals surface area contributed by atoms with Crippen LogP contribution >= 0.6 is 0 Å². The average molecular weight is 268 g/mol. The Morgan fingerprint density at radius 2 is 1.89 bits per heavy atom. The molecule has 5 nitrogen and oxygen atoms in total. The molecule has 18 heavy (non-hydrogen) atoms. The predicted octanol–water partition coefficient (Wildman–Crippen LogP) is 0.617. The normalized spacial score (nSPS) is 21.3. The number of sulfone groups is 1. The highest BCUT2D eigenvalue weighted by Gasteiger charge is 2.41. The fourth-order valence-corrected chi connectivity index (χ4v) is 4.21. The van der Waals surface area contributed by atoms with Gasteiger partial charge < -0.3 is 10.6 Å². The van der Waals surface area contributed by atoms with E-state index in [4.69, 9.17) is 0 Å². The Morgan fingerprint density at radius 1 is 1.28 bits per heavy atom. The van der Waals surface area contributed by atoms with Crippen molar-refractivity contribution in [1.29, 1.82) is 0 Å². The molecule has 1 unspecified atom stereocenters. The number of aryl methyl sites for hydroxylation is 2. The van der Waals surface area contributed by atoms with E-state index in [1.54, 1.807) is 27.0 Å². The van der Waals surface area contributed by atoms with Crippen molar-refractivity contribution in [3.8, 4) is 0 Å². The Hall–Kier alpha value is -1.40. The third-order valence-electron chi connectivity index (χ3n) is 3.15. The Kier molecular flexibility index (Phi) is 3.16. The first-order valence-electron chi connectivity index (χ1n) is 5.69. The summed E-state index contributed by atoms with van der Waals surface area (Å²) in [5.74, 6) is -0.467. The highest BCUT2D eigenvalue weighted by Crippen LogP contribution is 2.35. The third-order valence-corrected chi connectivity index (χ3v) is 5.38. The van der Waals surface area contributed by atoms with E-state index in [1.807, 2.05) is 6.07 Å². The van der Waals surface area contributed by atoms with Crippen LogP contribution in [0.2, 0.25) is 0 Å². The maximum absolute atomic E-state index is 12.5. The molecule has 0 saturated carbocycles. The van der Waals surface area contributed by atoms with Crippen LogP contribution in [0.5, 0.6) is 0 Å². The van der Waals surface area contributed by atoms with Crippen LogP contribution in [0.4, 0.5) is 5.69 Å². The summed E-state index contributed by atoms with van der Waals surface area (Å²) in [5.41, 5.74) is 1.85. The van der Waals surface area contributed by atoms with Crippen LogP contribution in [0.1, 0.15) is 11.1 Å². The van der Waals surface area contributed by atoms with E-state index in [0.717, 1.165) is 5.56 Å². The minimum Gasteiger partial charge on any atom is -0.323 e. The van der Waals surface area contributed by atoms with Crippen LogP contribution in [0.15, 0.2) is 17.0 Å². The van der Waals surface area contributed by atoms with Gasteiger partial charge >= 0.3 is 0 Å². The molecule has 0 bridgehead atoms. The molecule has 1 aromatic rings. The molecule has 1 aliphatic rings. The molecule has 2 N–H and O–H groups in total. The van der Waals surface area contributed by atoms with Crippen molar-refractivity contribution >= 4 is 21.4 Å². The number of rotatable bonds is 2. The molecule has 1 heterocycles. The van der Waals surface area contributed by atoms with E-state index in [-0.39, 0.29) is 11.4 Å². The number of hydrogen-bond acceptors (Lipinski definition) is 4. The first-order chi connectivity index (χ1) is 8.39. The molecule has 1 aromatic carbocycles. The molecule has 1 amide bonds. The van der Waals surface area contributed by atoms with E-state index in [0.29, 0.717) is 11.3 Å². The van der Waals surface area contributed by atoms with Crippen LogP contribution in [-0.2, 0) is 14.6 Å². The Morgan fingerprint density at radius 3 is 2.50 bits per heavy atom. The number of fused-ring (bicyclic) bond motifs is 1. The minimum atomic E-state index is -3.62. The van der Waals surface area contributed by atoms with Crippen LogP contribution in [-0.4, -0.2) is 33.2 Å². The first-order valence-corrected chi connectivity index (χ1v) is 7.23. The van der Waals surface area contributed by atoms with Crippen molar-refractivity contribution in [3.63, 3.8) is 0 Å². The second-order valence-corrected chi connectivity index (χ2v) is 6.55.